The van der Waals surface area contributed by atoms with Crippen molar-refractivity contribution in [3.05, 3.63) is 106 Å². The molecule has 0 aliphatic heterocycles. The molecule has 200 valence electrons. The van der Waals surface area contributed by atoms with Gasteiger partial charge in [-0.25, -0.2) is 4.52 Å². The van der Waals surface area contributed by atoms with Crippen LogP contribution >= 0.6 is 0 Å². The first-order chi connectivity index (χ1) is 18.7. The Bertz CT molecular complexity index is 1690. The molecule has 0 unspecified atom stereocenters. The standard InChI is InChI=1S/C29H29N5O2.CH2O2/c1-18-25(28(35)30-24(17-33(3)4)21-11-6-5-7-12-21)32-34-19(2)26(31-29(36)27(18)34)23-15-14-20-10-8-9-13-22(20)16-23;2-1-3/h5-16,24H,17H2,1-4H3,(H,30,35)(H,31,36);1H,(H,2,3)/t24-;/m0./s1. The number of aryl methyl sites for hydroxylation is 2. The highest BCUT2D eigenvalue weighted by molar-refractivity contribution is 5.96. The number of carbonyl (C=O) groups is 2. The highest BCUT2D eigenvalue weighted by atomic mass is 16.3. The normalized spacial score (nSPS) is 11.7. The van der Waals surface area contributed by atoms with Crippen molar-refractivity contribution in [2.75, 3.05) is 20.6 Å². The van der Waals surface area contributed by atoms with E-state index in [1.165, 1.54) is 0 Å². The van der Waals surface area contributed by atoms with Crippen LogP contribution in [0.5, 0.6) is 0 Å². The Hall–Kier alpha value is -4.76. The Morgan fingerprint density at radius 2 is 1.69 bits per heavy atom. The number of hydrogen-bond acceptors (Lipinski definition) is 5. The molecule has 1 atom stereocenters. The molecule has 2 aromatic heterocycles. The number of aromatic amines is 1. The Morgan fingerprint density at radius 3 is 2.36 bits per heavy atom. The Kier molecular flexibility index (Phi) is 8.21. The molecule has 39 heavy (non-hydrogen) atoms. The van der Waals surface area contributed by atoms with E-state index in [4.69, 9.17) is 9.90 Å². The summed E-state index contributed by atoms with van der Waals surface area (Å²) in [7, 11) is 3.94. The van der Waals surface area contributed by atoms with E-state index < -0.39 is 0 Å². The summed E-state index contributed by atoms with van der Waals surface area (Å²) < 4.78 is 1.59. The van der Waals surface area contributed by atoms with Gasteiger partial charge in [0.1, 0.15) is 5.52 Å². The van der Waals surface area contributed by atoms with Crippen LogP contribution in [-0.2, 0) is 4.79 Å². The average molecular weight is 526 g/mol. The van der Waals surface area contributed by atoms with E-state index in [1.54, 1.807) is 11.4 Å². The first-order valence-electron chi connectivity index (χ1n) is 12.4. The molecule has 9 nitrogen and oxygen atoms in total. The number of rotatable bonds is 6. The van der Waals surface area contributed by atoms with Gasteiger partial charge in [0, 0.05) is 17.7 Å². The quantitative estimate of drug-likeness (QED) is 0.286. The number of nitrogens with one attached hydrogen (secondary N) is 2. The van der Waals surface area contributed by atoms with Gasteiger partial charge < -0.3 is 20.3 Å². The summed E-state index contributed by atoms with van der Waals surface area (Å²) in [4.78, 5) is 40.0. The van der Waals surface area contributed by atoms with Gasteiger partial charge >= 0.3 is 0 Å². The minimum absolute atomic E-state index is 0.217. The van der Waals surface area contributed by atoms with Crippen LogP contribution in [-0.4, -0.2) is 57.6 Å². The van der Waals surface area contributed by atoms with Gasteiger partial charge in [0.2, 0.25) is 0 Å². The predicted molar refractivity (Wildman–Crippen MR) is 152 cm³/mol. The zero-order valence-corrected chi connectivity index (χ0v) is 22.3. The summed E-state index contributed by atoms with van der Waals surface area (Å²) in [6.45, 7) is 4.05. The molecular weight excluding hydrogens is 494 g/mol. The zero-order valence-electron chi connectivity index (χ0n) is 22.3. The van der Waals surface area contributed by atoms with E-state index in [0.717, 1.165) is 27.6 Å². The maximum absolute atomic E-state index is 13.4. The number of benzene rings is 3. The van der Waals surface area contributed by atoms with Gasteiger partial charge in [-0.05, 0) is 50.3 Å². The molecule has 2 heterocycles. The fraction of sp³-hybridized carbons (Fsp3) is 0.200. The van der Waals surface area contributed by atoms with Crippen LogP contribution in [0.15, 0.2) is 77.6 Å². The fourth-order valence-corrected chi connectivity index (χ4v) is 4.73. The van der Waals surface area contributed by atoms with E-state index in [-0.39, 0.29) is 29.7 Å². The third-order valence-corrected chi connectivity index (χ3v) is 6.56. The highest BCUT2D eigenvalue weighted by Gasteiger charge is 2.24. The summed E-state index contributed by atoms with van der Waals surface area (Å²) >= 11 is 0. The third-order valence-electron chi connectivity index (χ3n) is 6.56. The molecular formula is C30H31N5O4. The molecule has 3 aromatic carbocycles. The number of amides is 1. The van der Waals surface area contributed by atoms with Crippen LogP contribution in [0.1, 0.15) is 33.4 Å². The molecule has 0 fully saturated rings. The second kappa shape index (κ2) is 11.7. The summed E-state index contributed by atoms with van der Waals surface area (Å²) in [5, 5.41) is 16.8. The number of carbonyl (C=O) groups excluding carboxylic acids is 1. The fourth-order valence-electron chi connectivity index (χ4n) is 4.73. The lowest BCUT2D eigenvalue weighted by molar-refractivity contribution is -0.122. The molecule has 0 spiro atoms. The van der Waals surface area contributed by atoms with Gasteiger partial charge in [-0.1, -0.05) is 66.7 Å². The average Bonchev–Trinajstić information content (AvgIpc) is 3.29. The summed E-state index contributed by atoms with van der Waals surface area (Å²) in [5.41, 5.74) is 4.25. The molecule has 0 bridgehead atoms. The van der Waals surface area contributed by atoms with Crippen LogP contribution in [0.3, 0.4) is 0 Å². The van der Waals surface area contributed by atoms with Gasteiger partial charge in [0.15, 0.2) is 5.69 Å². The Morgan fingerprint density at radius 1 is 1.05 bits per heavy atom. The van der Waals surface area contributed by atoms with E-state index in [1.807, 2.05) is 86.6 Å². The van der Waals surface area contributed by atoms with Gasteiger partial charge in [-0.3, -0.25) is 14.4 Å². The predicted octanol–water partition coefficient (Wildman–Crippen LogP) is 4.19. The van der Waals surface area contributed by atoms with Crippen molar-refractivity contribution >= 4 is 28.7 Å². The second-order valence-electron chi connectivity index (χ2n) is 9.51. The van der Waals surface area contributed by atoms with Crippen LogP contribution in [0.25, 0.3) is 27.5 Å². The Labute approximate surface area is 225 Å². The zero-order chi connectivity index (χ0) is 28.1. The molecule has 3 N–H and O–H groups in total. The van der Waals surface area contributed by atoms with E-state index in [0.29, 0.717) is 23.3 Å². The topological polar surface area (TPSA) is 120 Å². The minimum Gasteiger partial charge on any atom is -0.483 e. The van der Waals surface area contributed by atoms with Crippen LogP contribution < -0.4 is 10.9 Å². The molecule has 0 saturated carbocycles. The maximum Gasteiger partial charge on any atom is 0.290 e. The first kappa shape index (κ1) is 27.3. The van der Waals surface area contributed by atoms with E-state index in [9.17, 15) is 9.59 Å². The molecule has 0 radical (unpaired) electrons. The number of aromatic nitrogens is 3. The van der Waals surface area contributed by atoms with E-state index in [2.05, 4.69) is 27.5 Å². The van der Waals surface area contributed by atoms with Crippen molar-refractivity contribution in [1.29, 1.82) is 0 Å². The molecule has 0 aliphatic rings. The molecule has 5 rings (SSSR count). The summed E-state index contributed by atoms with van der Waals surface area (Å²) in [6, 6.07) is 23.8. The van der Waals surface area contributed by atoms with Crippen LogP contribution in [0.2, 0.25) is 0 Å². The largest absolute Gasteiger partial charge is 0.483 e. The number of likely N-dealkylation sites (N-methyl/N-ethyl adjacent to an activating group) is 1. The second-order valence-corrected chi connectivity index (χ2v) is 9.51. The molecule has 5 aromatic rings. The summed E-state index contributed by atoms with van der Waals surface area (Å²) in [6.07, 6.45) is 0. The molecule has 0 aliphatic carbocycles. The van der Waals surface area contributed by atoms with Crippen LogP contribution in [0.4, 0.5) is 0 Å². The van der Waals surface area contributed by atoms with Crippen molar-refractivity contribution in [2.45, 2.75) is 19.9 Å². The molecule has 1 amide bonds. The van der Waals surface area contributed by atoms with Gasteiger partial charge in [0.25, 0.3) is 17.9 Å². The highest BCUT2D eigenvalue weighted by Crippen LogP contribution is 2.26. The number of hydrogen-bond donors (Lipinski definition) is 3. The van der Waals surface area contributed by atoms with Gasteiger partial charge in [0.05, 0.1) is 17.4 Å². The lowest BCUT2D eigenvalue weighted by atomic mass is 10.0. The lowest BCUT2D eigenvalue weighted by Crippen LogP contribution is -2.35. The smallest absolute Gasteiger partial charge is 0.290 e. The molecule has 9 heteroatoms. The maximum atomic E-state index is 13.4. The minimum atomic E-state index is -0.307. The summed E-state index contributed by atoms with van der Waals surface area (Å²) in [5.74, 6) is -0.307. The number of fused-ring (bicyclic) bond motifs is 2. The Balaban J connectivity index is 0.00000112. The number of nitrogens with zero attached hydrogens (tertiary/aromatic N) is 3. The number of H-pyrrole nitrogens is 1. The van der Waals surface area contributed by atoms with Crippen LogP contribution in [0, 0.1) is 13.8 Å². The van der Waals surface area contributed by atoms with Crippen molar-refractivity contribution in [2.24, 2.45) is 0 Å². The van der Waals surface area contributed by atoms with Gasteiger partial charge in [-0.15, -0.1) is 0 Å². The lowest BCUT2D eigenvalue weighted by Gasteiger charge is -2.22. The van der Waals surface area contributed by atoms with E-state index >= 15 is 0 Å². The first-order valence-corrected chi connectivity index (χ1v) is 12.4. The van der Waals surface area contributed by atoms with Crippen molar-refractivity contribution < 1.29 is 14.7 Å². The van der Waals surface area contributed by atoms with Crippen molar-refractivity contribution in [3.8, 4) is 11.3 Å². The van der Waals surface area contributed by atoms with Gasteiger partial charge in [-0.2, -0.15) is 5.10 Å². The number of carboxylic acid groups (broad SMARTS) is 1. The molecule has 0 saturated heterocycles. The third kappa shape index (κ3) is 5.73. The monoisotopic (exact) mass is 525 g/mol. The SMILES string of the molecule is Cc1c(C(=O)N[C@@H](CN(C)C)c2ccccc2)nn2c(C)c(-c3ccc4ccccc4c3)[nH]c(=O)c12.O=CO. The van der Waals surface area contributed by atoms with Crippen molar-refractivity contribution in [3.63, 3.8) is 0 Å². The van der Waals surface area contributed by atoms with Crippen molar-refractivity contribution in [1.82, 2.24) is 24.8 Å².